The number of nitrogens with zero attached hydrogens (tertiary/aromatic N) is 7. The van der Waals surface area contributed by atoms with Gasteiger partial charge in [0, 0.05) is 75.0 Å². The van der Waals surface area contributed by atoms with E-state index < -0.39 is 5.97 Å². The monoisotopic (exact) mass is 596 g/mol. The largest absolute Gasteiger partial charge is 0.478 e. The number of carbonyl (C=O) groups is 1. The number of aromatic carboxylic acids is 1. The van der Waals surface area contributed by atoms with Crippen molar-refractivity contribution in [3.05, 3.63) is 53.2 Å². The van der Waals surface area contributed by atoms with Gasteiger partial charge in [-0.05, 0) is 43.8 Å². The molecule has 3 aromatic rings. The number of hydrogen-bond acceptors (Lipinski definition) is 10. The molecule has 11 nitrogen and oxygen atoms in total. The van der Waals surface area contributed by atoms with Crippen LogP contribution < -0.4 is 19.9 Å². The molecule has 0 unspecified atom stereocenters. The summed E-state index contributed by atoms with van der Waals surface area (Å²) in [5, 5.41) is 24.6. The first-order valence-corrected chi connectivity index (χ1v) is 15.7. The minimum absolute atomic E-state index is 0.0653. The molecule has 1 atom stereocenters. The van der Waals surface area contributed by atoms with Gasteiger partial charge in [-0.3, -0.25) is 4.90 Å². The summed E-state index contributed by atoms with van der Waals surface area (Å²) in [5.41, 5.74) is 3.28. The smallest absolute Gasteiger partial charge is 0.335 e. The van der Waals surface area contributed by atoms with Crippen LogP contribution in [0.25, 0.3) is 10.8 Å². The summed E-state index contributed by atoms with van der Waals surface area (Å²) in [6.07, 6.45) is 3.43. The van der Waals surface area contributed by atoms with E-state index in [-0.39, 0.29) is 17.1 Å². The van der Waals surface area contributed by atoms with E-state index in [2.05, 4.69) is 44.1 Å². The summed E-state index contributed by atoms with van der Waals surface area (Å²) in [7, 11) is 2.18. The fourth-order valence-electron chi connectivity index (χ4n) is 7.04. The number of piperazine rings is 2. The third-order valence-corrected chi connectivity index (χ3v) is 9.81. The molecule has 1 saturated carbocycles. The first-order chi connectivity index (χ1) is 21.4. The van der Waals surface area contributed by atoms with E-state index >= 15 is 0 Å². The van der Waals surface area contributed by atoms with Crippen LogP contribution in [0.15, 0.2) is 36.4 Å². The highest BCUT2D eigenvalue weighted by Crippen LogP contribution is 2.43. The molecule has 0 spiro atoms. The summed E-state index contributed by atoms with van der Waals surface area (Å²) in [6, 6.07) is 14.3. The predicted octanol–water partition coefficient (Wildman–Crippen LogP) is 2.74. The number of anilines is 2. The summed E-state index contributed by atoms with van der Waals surface area (Å²) in [5.74, 6) is -0.0302. The van der Waals surface area contributed by atoms with Gasteiger partial charge in [-0.15, -0.1) is 0 Å². The lowest BCUT2D eigenvalue weighted by Crippen LogP contribution is -2.52. The minimum atomic E-state index is -0.935. The second kappa shape index (κ2) is 11.8. The number of carboxylic acids is 1. The molecule has 7 rings (SSSR count). The van der Waals surface area contributed by atoms with Crippen LogP contribution in [0.1, 0.15) is 40.9 Å². The standard InChI is InChI=1S/C33H40N8O3/c1-38-14-16-41(17-15-38)33(8-9-33)22-44-32-36-28-21-39(29-19-24(31(42)43)18-23-4-2-3-5-26(23)29)12-7-27(28)30(37-32)40-13-11-35-25(20-40)6-10-34/h2-5,18-19,25,35H,6-9,11-17,20-22H2,1H3,(H,42,43)/t25-/m0/s1. The third kappa shape index (κ3) is 5.65. The Morgan fingerprint density at radius 2 is 1.93 bits per heavy atom. The number of likely N-dealkylation sites (N-methyl/N-ethyl adjacent to an activating group) is 1. The van der Waals surface area contributed by atoms with Gasteiger partial charge in [0.05, 0.1) is 35.8 Å². The summed E-state index contributed by atoms with van der Waals surface area (Å²) < 4.78 is 6.48. The van der Waals surface area contributed by atoms with Crippen LogP contribution in [-0.4, -0.2) is 108 Å². The molecule has 1 aromatic heterocycles. The number of aromatic nitrogens is 2. The molecule has 0 amide bonds. The first kappa shape index (κ1) is 28.8. The molecular weight excluding hydrogens is 556 g/mol. The second-order valence-electron chi connectivity index (χ2n) is 12.7. The number of nitrogens with one attached hydrogen (secondary N) is 1. The van der Waals surface area contributed by atoms with Crippen molar-refractivity contribution in [3.8, 4) is 12.1 Å². The van der Waals surface area contributed by atoms with Crippen LogP contribution >= 0.6 is 0 Å². The molecule has 3 aliphatic heterocycles. The van der Waals surface area contributed by atoms with Crippen molar-refractivity contribution in [2.45, 2.75) is 43.8 Å². The Morgan fingerprint density at radius 3 is 2.70 bits per heavy atom. The number of nitriles is 1. The lowest BCUT2D eigenvalue weighted by Gasteiger charge is -2.38. The summed E-state index contributed by atoms with van der Waals surface area (Å²) in [4.78, 5) is 31.5. The van der Waals surface area contributed by atoms with Gasteiger partial charge in [0.1, 0.15) is 12.4 Å². The fourth-order valence-corrected chi connectivity index (χ4v) is 7.04. The Labute approximate surface area is 258 Å². The third-order valence-electron chi connectivity index (χ3n) is 9.81. The SMILES string of the molecule is CN1CCN(C2(COc3nc4c(c(N5CCN[C@@H](CC#N)C5)n3)CCN(c3cc(C(=O)O)cc5ccccc35)C4)CC2)CC1. The molecule has 2 aromatic carbocycles. The van der Waals surface area contributed by atoms with E-state index in [0.29, 0.717) is 32.1 Å². The number of ether oxygens (including phenoxy) is 1. The van der Waals surface area contributed by atoms with Crippen molar-refractivity contribution >= 4 is 28.2 Å². The van der Waals surface area contributed by atoms with E-state index in [1.807, 2.05) is 18.2 Å². The van der Waals surface area contributed by atoms with E-state index in [4.69, 9.17) is 14.7 Å². The quantitative estimate of drug-likeness (QED) is 0.399. The average molecular weight is 597 g/mol. The zero-order valence-corrected chi connectivity index (χ0v) is 25.3. The van der Waals surface area contributed by atoms with Crippen LogP contribution in [0.2, 0.25) is 0 Å². The Bertz CT molecular complexity index is 1590. The maximum atomic E-state index is 12.0. The van der Waals surface area contributed by atoms with Crippen molar-refractivity contribution in [1.29, 1.82) is 5.26 Å². The Hall–Kier alpha value is -3.98. The van der Waals surface area contributed by atoms with E-state index in [0.717, 1.165) is 98.6 Å². The Balaban J connectivity index is 1.21. The molecular formula is C33H40N8O3. The van der Waals surface area contributed by atoms with Crippen LogP contribution in [0.4, 0.5) is 11.5 Å². The molecule has 44 heavy (non-hydrogen) atoms. The molecule has 0 radical (unpaired) electrons. The molecule has 2 saturated heterocycles. The summed E-state index contributed by atoms with van der Waals surface area (Å²) in [6.45, 7) is 8.36. The van der Waals surface area contributed by atoms with Crippen molar-refractivity contribution in [2.24, 2.45) is 0 Å². The molecule has 230 valence electrons. The normalized spacial score (nSPS) is 22.0. The lowest BCUT2D eigenvalue weighted by molar-refractivity contribution is 0.0650. The van der Waals surface area contributed by atoms with Crippen LogP contribution in [0.3, 0.4) is 0 Å². The van der Waals surface area contributed by atoms with Crippen molar-refractivity contribution in [2.75, 3.05) is 75.8 Å². The van der Waals surface area contributed by atoms with E-state index in [9.17, 15) is 15.2 Å². The lowest BCUT2D eigenvalue weighted by atomic mass is 10.00. The van der Waals surface area contributed by atoms with Crippen LogP contribution in [-0.2, 0) is 13.0 Å². The molecule has 4 heterocycles. The van der Waals surface area contributed by atoms with Crippen molar-refractivity contribution < 1.29 is 14.6 Å². The topological polar surface area (TPSA) is 121 Å². The van der Waals surface area contributed by atoms with Crippen LogP contribution in [0.5, 0.6) is 6.01 Å². The van der Waals surface area contributed by atoms with Gasteiger partial charge in [-0.2, -0.15) is 15.2 Å². The maximum Gasteiger partial charge on any atom is 0.335 e. The number of carboxylic acid groups (broad SMARTS) is 1. The minimum Gasteiger partial charge on any atom is -0.478 e. The molecule has 4 aliphatic rings. The highest BCUT2D eigenvalue weighted by Gasteiger charge is 2.49. The number of hydrogen-bond donors (Lipinski definition) is 2. The van der Waals surface area contributed by atoms with Gasteiger partial charge < -0.3 is 29.9 Å². The molecule has 1 aliphatic carbocycles. The van der Waals surface area contributed by atoms with Gasteiger partial charge in [0.15, 0.2) is 0 Å². The van der Waals surface area contributed by atoms with Gasteiger partial charge in [0.2, 0.25) is 0 Å². The second-order valence-corrected chi connectivity index (χ2v) is 12.7. The van der Waals surface area contributed by atoms with Gasteiger partial charge in [-0.1, -0.05) is 24.3 Å². The molecule has 0 bridgehead atoms. The molecule has 3 fully saturated rings. The predicted molar refractivity (Wildman–Crippen MR) is 168 cm³/mol. The number of benzene rings is 2. The first-order valence-electron chi connectivity index (χ1n) is 15.7. The fraction of sp³-hybridized carbons (Fsp3) is 0.515. The highest BCUT2D eigenvalue weighted by atomic mass is 16.5. The van der Waals surface area contributed by atoms with E-state index in [1.165, 1.54) is 0 Å². The highest BCUT2D eigenvalue weighted by molar-refractivity contribution is 6.01. The van der Waals surface area contributed by atoms with Crippen molar-refractivity contribution in [1.82, 2.24) is 25.1 Å². The number of fused-ring (bicyclic) bond motifs is 2. The Morgan fingerprint density at radius 1 is 1.11 bits per heavy atom. The van der Waals surface area contributed by atoms with Gasteiger partial charge >= 0.3 is 12.0 Å². The molecule has 11 heteroatoms. The molecule has 2 N–H and O–H groups in total. The maximum absolute atomic E-state index is 12.0. The zero-order valence-electron chi connectivity index (χ0n) is 25.3. The van der Waals surface area contributed by atoms with Gasteiger partial charge in [0.25, 0.3) is 0 Å². The van der Waals surface area contributed by atoms with Crippen LogP contribution in [0, 0.1) is 11.3 Å². The number of rotatable bonds is 8. The van der Waals surface area contributed by atoms with Crippen molar-refractivity contribution in [3.63, 3.8) is 0 Å². The zero-order chi connectivity index (χ0) is 30.3. The van der Waals surface area contributed by atoms with E-state index in [1.54, 1.807) is 12.1 Å². The average Bonchev–Trinajstić information content (AvgIpc) is 3.84. The van der Waals surface area contributed by atoms with Gasteiger partial charge in [-0.25, -0.2) is 4.79 Å². The summed E-state index contributed by atoms with van der Waals surface area (Å²) >= 11 is 0. The Kier molecular flexibility index (Phi) is 7.74.